The minimum atomic E-state index is -0.937. The molecule has 0 aliphatic heterocycles. The molecule has 1 aromatic rings. The van der Waals surface area contributed by atoms with E-state index in [0.717, 1.165) is 6.54 Å². The van der Waals surface area contributed by atoms with E-state index in [4.69, 9.17) is 10.8 Å². The van der Waals surface area contributed by atoms with Crippen LogP contribution in [0.2, 0.25) is 0 Å². The van der Waals surface area contributed by atoms with Crippen LogP contribution in [0.25, 0.3) is 0 Å². The highest BCUT2D eigenvalue weighted by atomic mass is 32.2. The van der Waals surface area contributed by atoms with Crippen LogP contribution < -0.4 is 5.73 Å². The van der Waals surface area contributed by atoms with Gasteiger partial charge in [-0.15, -0.1) is 11.8 Å². The topological polar surface area (TPSA) is 66.6 Å². The van der Waals surface area contributed by atoms with Crippen molar-refractivity contribution in [2.75, 3.05) is 19.8 Å². The summed E-state index contributed by atoms with van der Waals surface area (Å²) in [6.07, 6.45) is 2.52. The molecule has 0 aliphatic carbocycles. The van der Waals surface area contributed by atoms with Crippen LogP contribution in [0.4, 0.5) is 0 Å². The summed E-state index contributed by atoms with van der Waals surface area (Å²) in [6, 6.07) is 7.61. The largest absolute Gasteiger partial charge is 0.480 e. The van der Waals surface area contributed by atoms with Crippen LogP contribution in [0.3, 0.4) is 0 Å². The van der Waals surface area contributed by atoms with Crippen molar-refractivity contribution < 1.29 is 9.90 Å². The molecule has 0 amide bonds. The minimum absolute atomic E-state index is 0.467. The molecule has 0 saturated heterocycles. The lowest BCUT2D eigenvalue weighted by molar-refractivity contribution is -0.138. The van der Waals surface area contributed by atoms with Crippen LogP contribution in [0.1, 0.15) is 12.0 Å². The maximum absolute atomic E-state index is 10.6. The highest BCUT2D eigenvalue weighted by molar-refractivity contribution is 7.98. The van der Waals surface area contributed by atoms with Gasteiger partial charge in [-0.05, 0) is 37.4 Å². The molecule has 0 aromatic heterocycles. The second-order valence-corrected chi connectivity index (χ2v) is 5.20. The van der Waals surface area contributed by atoms with Gasteiger partial charge < -0.3 is 15.7 Å². The highest BCUT2D eigenvalue weighted by Gasteiger charge is 2.12. The molecule has 1 unspecified atom stereocenters. The van der Waals surface area contributed by atoms with E-state index in [1.165, 1.54) is 10.5 Å². The molecule has 3 N–H and O–H groups in total. The normalized spacial score (nSPS) is 12.7. The molecule has 1 aromatic carbocycles. The molecule has 1 rings (SSSR count). The minimum Gasteiger partial charge on any atom is -0.480 e. The number of hydrogen-bond acceptors (Lipinski definition) is 4. The van der Waals surface area contributed by atoms with E-state index in [0.29, 0.717) is 13.0 Å². The van der Waals surface area contributed by atoms with Crippen LogP contribution in [-0.4, -0.2) is 41.9 Å². The third-order valence-electron chi connectivity index (χ3n) is 2.75. The van der Waals surface area contributed by atoms with E-state index in [2.05, 4.69) is 35.4 Å². The van der Waals surface area contributed by atoms with Gasteiger partial charge in [0.2, 0.25) is 0 Å². The van der Waals surface area contributed by atoms with Crippen LogP contribution in [0.15, 0.2) is 29.2 Å². The lowest BCUT2D eigenvalue weighted by Gasteiger charge is -2.18. The monoisotopic (exact) mass is 268 g/mol. The number of benzene rings is 1. The molecule has 18 heavy (non-hydrogen) atoms. The first-order valence-electron chi connectivity index (χ1n) is 5.82. The Morgan fingerprint density at radius 2 is 2.06 bits per heavy atom. The molecule has 0 spiro atoms. The predicted molar refractivity (Wildman–Crippen MR) is 74.8 cm³/mol. The van der Waals surface area contributed by atoms with E-state index in [1.807, 2.05) is 7.05 Å². The first-order chi connectivity index (χ1) is 8.52. The van der Waals surface area contributed by atoms with E-state index in [9.17, 15) is 4.79 Å². The maximum Gasteiger partial charge on any atom is 0.320 e. The fourth-order valence-corrected chi connectivity index (χ4v) is 2.01. The Morgan fingerprint density at radius 1 is 1.44 bits per heavy atom. The lowest BCUT2D eigenvalue weighted by Crippen LogP contribution is -2.34. The molecule has 0 heterocycles. The first kappa shape index (κ1) is 15.0. The third kappa shape index (κ3) is 5.08. The number of carboxylic acid groups (broad SMARTS) is 1. The van der Waals surface area contributed by atoms with Crippen molar-refractivity contribution in [3.8, 4) is 0 Å². The molecular weight excluding hydrogens is 248 g/mol. The number of nitrogens with two attached hydrogens (primary N) is 1. The Morgan fingerprint density at radius 3 is 2.56 bits per heavy atom. The van der Waals surface area contributed by atoms with E-state index >= 15 is 0 Å². The summed E-state index contributed by atoms with van der Waals surface area (Å²) < 4.78 is 0. The number of aliphatic carboxylic acids is 1. The Kier molecular flexibility index (Phi) is 6.18. The molecule has 0 aliphatic rings. The van der Waals surface area contributed by atoms with Gasteiger partial charge in [-0.25, -0.2) is 0 Å². The van der Waals surface area contributed by atoms with Crippen molar-refractivity contribution in [3.63, 3.8) is 0 Å². The summed E-state index contributed by atoms with van der Waals surface area (Å²) in [5.74, 6) is -0.937. The van der Waals surface area contributed by atoms with Crippen molar-refractivity contribution in [1.29, 1.82) is 0 Å². The molecule has 100 valence electrons. The van der Waals surface area contributed by atoms with Gasteiger partial charge in [-0.3, -0.25) is 4.79 Å². The number of carboxylic acids is 1. The molecule has 0 saturated carbocycles. The van der Waals surface area contributed by atoms with Gasteiger partial charge in [0.25, 0.3) is 0 Å². The number of rotatable bonds is 7. The molecule has 4 nitrogen and oxygen atoms in total. The van der Waals surface area contributed by atoms with Crippen LogP contribution in [0, 0.1) is 0 Å². The predicted octanol–water partition coefficient (Wildman–Crippen LogP) is 1.64. The fraction of sp³-hybridized carbons (Fsp3) is 0.462. The van der Waals surface area contributed by atoms with Crippen LogP contribution >= 0.6 is 11.8 Å². The summed E-state index contributed by atoms with van der Waals surface area (Å²) in [4.78, 5) is 13.9. The molecular formula is C13H20N2O2S. The Hall–Kier alpha value is -1.04. The van der Waals surface area contributed by atoms with Gasteiger partial charge >= 0.3 is 5.97 Å². The second kappa shape index (κ2) is 7.41. The van der Waals surface area contributed by atoms with Gasteiger partial charge in [0, 0.05) is 18.0 Å². The zero-order chi connectivity index (χ0) is 13.5. The number of hydrogen-bond donors (Lipinski definition) is 2. The van der Waals surface area contributed by atoms with E-state index in [-0.39, 0.29) is 0 Å². The SMILES string of the molecule is CSc1ccc(CN(C)CCC(N)C(=O)O)cc1. The molecule has 5 heteroatoms. The third-order valence-corrected chi connectivity index (χ3v) is 3.49. The summed E-state index contributed by atoms with van der Waals surface area (Å²) in [7, 11) is 1.97. The highest BCUT2D eigenvalue weighted by Crippen LogP contribution is 2.15. The summed E-state index contributed by atoms with van der Waals surface area (Å²) >= 11 is 1.72. The Labute approximate surface area is 112 Å². The molecule has 0 fully saturated rings. The quantitative estimate of drug-likeness (QED) is 0.736. The average molecular weight is 268 g/mol. The maximum atomic E-state index is 10.6. The van der Waals surface area contributed by atoms with Gasteiger partial charge in [-0.1, -0.05) is 12.1 Å². The van der Waals surface area contributed by atoms with E-state index in [1.54, 1.807) is 11.8 Å². The van der Waals surface area contributed by atoms with E-state index < -0.39 is 12.0 Å². The van der Waals surface area contributed by atoms with Crippen molar-refractivity contribution in [2.24, 2.45) is 5.73 Å². The van der Waals surface area contributed by atoms with Gasteiger partial charge in [-0.2, -0.15) is 0 Å². The molecule has 0 bridgehead atoms. The summed E-state index contributed by atoms with van der Waals surface area (Å²) in [5.41, 5.74) is 6.69. The van der Waals surface area contributed by atoms with Gasteiger partial charge in [0.05, 0.1) is 0 Å². The van der Waals surface area contributed by atoms with Gasteiger partial charge in [0.1, 0.15) is 6.04 Å². The van der Waals surface area contributed by atoms with Crippen molar-refractivity contribution in [3.05, 3.63) is 29.8 Å². The van der Waals surface area contributed by atoms with Crippen molar-refractivity contribution in [2.45, 2.75) is 23.9 Å². The Bertz CT molecular complexity index is 381. The van der Waals surface area contributed by atoms with Gasteiger partial charge in [0.15, 0.2) is 0 Å². The number of nitrogens with zero attached hydrogens (tertiary/aromatic N) is 1. The second-order valence-electron chi connectivity index (χ2n) is 4.32. The number of carbonyl (C=O) groups is 1. The zero-order valence-electron chi connectivity index (χ0n) is 10.8. The molecule has 1 atom stereocenters. The summed E-state index contributed by atoms with van der Waals surface area (Å²) in [6.45, 7) is 1.48. The smallest absolute Gasteiger partial charge is 0.320 e. The van der Waals surface area contributed by atoms with Crippen molar-refractivity contribution >= 4 is 17.7 Å². The Balaban J connectivity index is 2.39. The first-order valence-corrected chi connectivity index (χ1v) is 7.05. The fourth-order valence-electron chi connectivity index (χ4n) is 1.60. The summed E-state index contributed by atoms with van der Waals surface area (Å²) in [5, 5.41) is 8.70. The zero-order valence-corrected chi connectivity index (χ0v) is 11.6. The van der Waals surface area contributed by atoms with Crippen molar-refractivity contribution in [1.82, 2.24) is 4.90 Å². The number of thioether (sulfide) groups is 1. The standard InChI is InChI=1S/C13H20N2O2S/c1-15(8-7-12(14)13(16)17)9-10-3-5-11(18-2)6-4-10/h3-6,12H,7-9,14H2,1-2H3,(H,16,17). The molecule has 0 radical (unpaired) electrons. The van der Waals surface area contributed by atoms with Crippen LogP contribution in [-0.2, 0) is 11.3 Å². The van der Waals surface area contributed by atoms with Crippen LogP contribution in [0.5, 0.6) is 0 Å². The average Bonchev–Trinajstić information content (AvgIpc) is 2.36. The lowest BCUT2D eigenvalue weighted by atomic mass is 10.2.